The van der Waals surface area contributed by atoms with Crippen LogP contribution in [0.1, 0.15) is 26.3 Å². The first kappa shape index (κ1) is 15.5. The van der Waals surface area contributed by atoms with Crippen LogP contribution in [-0.4, -0.2) is 10.5 Å². The summed E-state index contributed by atoms with van der Waals surface area (Å²) >= 11 is 5.07. The van der Waals surface area contributed by atoms with Gasteiger partial charge in [0.2, 0.25) is 0 Å². The average Bonchev–Trinajstić information content (AvgIpc) is 2.40. The minimum atomic E-state index is 0.148. The molecule has 1 N–H and O–H groups in total. The fraction of sp³-hybridized carbons (Fsp3) is 0.312. The zero-order chi connectivity index (χ0) is 14.6. The van der Waals surface area contributed by atoms with Crippen LogP contribution in [-0.2, 0) is 6.54 Å². The van der Waals surface area contributed by atoms with Crippen molar-refractivity contribution in [2.75, 3.05) is 0 Å². The topological polar surface area (TPSA) is 24.9 Å². The molecule has 0 spiro atoms. The van der Waals surface area contributed by atoms with Gasteiger partial charge in [-0.25, -0.2) is 4.98 Å². The largest absolute Gasteiger partial charge is 0.308 e. The third-order valence-corrected chi connectivity index (χ3v) is 4.10. The van der Waals surface area contributed by atoms with Gasteiger partial charge in [-0.3, -0.25) is 0 Å². The summed E-state index contributed by atoms with van der Waals surface area (Å²) < 4.78 is 1.01. The van der Waals surface area contributed by atoms with Crippen molar-refractivity contribution >= 4 is 27.7 Å². The lowest BCUT2D eigenvalue weighted by molar-refractivity contribution is 0.424. The maximum absolute atomic E-state index is 4.37. The van der Waals surface area contributed by atoms with Gasteiger partial charge in [-0.05, 0) is 66.5 Å². The maximum Gasteiger partial charge on any atom is 0.101 e. The summed E-state index contributed by atoms with van der Waals surface area (Å²) in [5.41, 5.74) is 1.45. The summed E-state index contributed by atoms with van der Waals surface area (Å²) in [5, 5.41) is 4.50. The first-order valence-electron chi connectivity index (χ1n) is 6.56. The van der Waals surface area contributed by atoms with Gasteiger partial charge in [0.1, 0.15) is 5.03 Å². The van der Waals surface area contributed by atoms with Crippen LogP contribution in [0.15, 0.2) is 57.0 Å². The van der Waals surface area contributed by atoms with Crippen molar-refractivity contribution in [1.29, 1.82) is 0 Å². The molecule has 1 heterocycles. The predicted molar refractivity (Wildman–Crippen MR) is 89.1 cm³/mol. The smallest absolute Gasteiger partial charge is 0.101 e. The monoisotopic (exact) mass is 350 g/mol. The molecule has 0 amide bonds. The first-order valence-corrected chi connectivity index (χ1v) is 8.17. The van der Waals surface area contributed by atoms with Crippen LogP contribution in [0.5, 0.6) is 0 Å². The van der Waals surface area contributed by atoms with Crippen LogP contribution in [0.4, 0.5) is 0 Å². The lowest BCUT2D eigenvalue weighted by Gasteiger charge is -2.20. The van der Waals surface area contributed by atoms with E-state index >= 15 is 0 Å². The summed E-state index contributed by atoms with van der Waals surface area (Å²) in [6.45, 7) is 7.42. The zero-order valence-corrected chi connectivity index (χ0v) is 14.4. The number of nitrogens with zero attached hydrogens (tertiary/aromatic N) is 1. The maximum atomic E-state index is 4.37. The molecule has 0 bridgehead atoms. The molecule has 0 aliphatic rings. The molecule has 0 saturated heterocycles. The molecule has 106 valence electrons. The van der Waals surface area contributed by atoms with Crippen LogP contribution in [0.25, 0.3) is 0 Å². The minimum Gasteiger partial charge on any atom is -0.308 e. The van der Waals surface area contributed by atoms with Gasteiger partial charge in [0.25, 0.3) is 0 Å². The Morgan fingerprint density at radius 1 is 1.10 bits per heavy atom. The standard InChI is InChI=1S/C16H19BrN2S/c1-16(2,3)19-10-12-4-7-14(8-5-12)20-15-9-6-13(17)11-18-15/h4-9,11,19H,10H2,1-3H3. The van der Waals surface area contributed by atoms with E-state index in [1.165, 1.54) is 10.5 Å². The quantitative estimate of drug-likeness (QED) is 0.850. The molecule has 0 atom stereocenters. The molecule has 2 aromatic rings. The SMILES string of the molecule is CC(C)(C)NCc1ccc(Sc2ccc(Br)cn2)cc1. The highest BCUT2D eigenvalue weighted by molar-refractivity contribution is 9.10. The Bertz CT molecular complexity index is 544. The molecule has 0 unspecified atom stereocenters. The van der Waals surface area contributed by atoms with Crippen molar-refractivity contribution in [3.8, 4) is 0 Å². The van der Waals surface area contributed by atoms with Gasteiger partial charge in [-0.2, -0.15) is 0 Å². The Morgan fingerprint density at radius 3 is 2.35 bits per heavy atom. The molecule has 0 radical (unpaired) electrons. The molecule has 0 aliphatic carbocycles. The molecule has 1 aromatic carbocycles. The molecule has 4 heteroatoms. The highest BCUT2D eigenvalue weighted by Gasteiger charge is 2.08. The molecule has 0 fully saturated rings. The van der Waals surface area contributed by atoms with Gasteiger partial charge in [0, 0.05) is 27.6 Å². The second-order valence-corrected chi connectivity index (χ2v) is 7.67. The Hall–Kier alpha value is -0.840. The van der Waals surface area contributed by atoms with Gasteiger partial charge >= 0.3 is 0 Å². The number of halogens is 1. The molecule has 0 saturated carbocycles. The fourth-order valence-corrected chi connectivity index (χ4v) is 2.58. The van der Waals surface area contributed by atoms with Gasteiger partial charge in [0.05, 0.1) is 0 Å². The number of aromatic nitrogens is 1. The number of hydrogen-bond acceptors (Lipinski definition) is 3. The molecular weight excluding hydrogens is 332 g/mol. The van der Waals surface area contributed by atoms with Gasteiger partial charge in [-0.15, -0.1) is 0 Å². The molecule has 2 nitrogen and oxygen atoms in total. The summed E-state index contributed by atoms with van der Waals surface area (Å²) in [7, 11) is 0. The van der Waals surface area contributed by atoms with E-state index < -0.39 is 0 Å². The highest BCUT2D eigenvalue weighted by Crippen LogP contribution is 2.26. The Morgan fingerprint density at radius 2 is 1.80 bits per heavy atom. The number of nitrogens with one attached hydrogen (secondary N) is 1. The van der Waals surface area contributed by atoms with E-state index in [9.17, 15) is 0 Å². The second-order valence-electron chi connectivity index (χ2n) is 5.66. The van der Waals surface area contributed by atoms with E-state index in [1.54, 1.807) is 11.8 Å². The van der Waals surface area contributed by atoms with Crippen molar-refractivity contribution < 1.29 is 0 Å². The third-order valence-electron chi connectivity index (χ3n) is 2.67. The average molecular weight is 351 g/mol. The van der Waals surface area contributed by atoms with E-state index in [4.69, 9.17) is 0 Å². The number of benzene rings is 1. The van der Waals surface area contributed by atoms with Crippen LogP contribution >= 0.6 is 27.7 Å². The van der Waals surface area contributed by atoms with Crippen molar-refractivity contribution in [3.63, 3.8) is 0 Å². The first-order chi connectivity index (χ1) is 9.42. The van der Waals surface area contributed by atoms with Gasteiger partial charge < -0.3 is 5.32 Å². The lowest BCUT2D eigenvalue weighted by Crippen LogP contribution is -2.35. The minimum absolute atomic E-state index is 0.148. The van der Waals surface area contributed by atoms with Gasteiger partial charge in [-0.1, -0.05) is 23.9 Å². The Balaban J connectivity index is 1.96. The van der Waals surface area contributed by atoms with Crippen molar-refractivity contribution in [2.45, 2.75) is 42.8 Å². The number of rotatable bonds is 4. The van der Waals surface area contributed by atoms with Crippen LogP contribution in [0, 0.1) is 0 Å². The second kappa shape index (κ2) is 6.74. The van der Waals surface area contributed by atoms with E-state index in [0.29, 0.717) is 0 Å². The number of hydrogen-bond donors (Lipinski definition) is 1. The van der Waals surface area contributed by atoms with Crippen molar-refractivity contribution in [2.24, 2.45) is 0 Å². The zero-order valence-electron chi connectivity index (χ0n) is 12.0. The fourth-order valence-electron chi connectivity index (χ4n) is 1.59. The predicted octanol–water partition coefficient (Wildman–Crippen LogP) is 4.88. The summed E-state index contributed by atoms with van der Waals surface area (Å²) in [6, 6.07) is 12.7. The molecular formula is C16H19BrN2S. The van der Waals surface area contributed by atoms with Crippen LogP contribution in [0.2, 0.25) is 0 Å². The van der Waals surface area contributed by atoms with E-state index in [2.05, 4.69) is 71.3 Å². The van der Waals surface area contributed by atoms with E-state index in [1.807, 2.05) is 18.3 Å². The summed E-state index contributed by atoms with van der Waals surface area (Å²) in [4.78, 5) is 5.58. The normalized spacial score (nSPS) is 11.6. The molecule has 2 rings (SSSR count). The summed E-state index contributed by atoms with van der Waals surface area (Å²) in [6.07, 6.45) is 1.82. The Labute approximate surface area is 133 Å². The molecule has 0 aliphatic heterocycles. The van der Waals surface area contributed by atoms with E-state index in [-0.39, 0.29) is 5.54 Å². The summed E-state index contributed by atoms with van der Waals surface area (Å²) in [5.74, 6) is 0. The van der Waals surface area contributed by atoms with Crippen LogP contribution in [0.3, 0.4) is 0 Å². The Kier molecular flexibility index (Phi) is 5.24. The number of pyridine rings is 1. The molecule has 20 heavy (non-hydrogen) atoms. The third kappa shape index (κ3) is 5.27. The molecule has 1 aromatic heterocycles. The van der Waals surface area contributed by atoms with Crippen LogP contribution < -0.4 is 5.32 Å². The lowest BCUT2D eigenvalue weighted by atomic mass is 10.1. The van der Waals surface area contributed by atoms with Crippen molar-refractivity contribution in [1.82, 2.24) is 10.3 Å². The van der Waals surface area contributed by atoms with Gasteiger partial charge in [0.15, 0.2) is 0 Å². The van der Waals surface area contributed by atoms with E-state index in [0.717, 1.165) is 16.0 Å². The highest BCUT2D eigenvalue weighted by atomic mass is 79.9. The van der Waals surface area contributed by atoms with Crippen molar-refractivity contribution in [3.05, 3.63) is 52.6 Å².